The molecule has 1 atom stereocenters. The quantitative estimate of drug-likeness (QED) is 0.938. The average molecular weight is 308 g/mol. The molecule has 118 valence electrons. The molecule has 0 unspecified atom stereocenters. The minimum Gasteiger partial charge on any atom is -0.508 e. The zero-order valence-corrected chi connectivity index (χ0v) is 13.4. The molecule has 1 N–H and O–H groups in total. The third-order valence-corrected chi connectivity index (χ3v) is 4.12. The molecule has 23 heavy (non-hydrogen) atoms. The van der Waals surface area contributed by atoms with E-state index in [2.05, 4.69) is 11.2 Å². The summed E-state index contributed by atoms with van der Waals surface area (Å²) in [6, 6.07) is 15.0. The molecule has 1 aliphatic rings. The highest BCUT2D eigenvalue weighted by molar-refractivity contribution is 6.03. The summed E-state index contributed by atoms with van der Waals surface area (Å²) in [7, 11) is 0. The van der Waals surface area contributed by atoms with E-state index in [9.17, 15) is 9.90 Å². The maximum atomic E-state index is 12.3. The van der Waals surface area contributed by atoms with Crippen molar-refractivity contribution in [2.45, 2.75) is 32.7 Å². The molecular formula is C19H20N2O2. The number of rotatable bonds is 3. The van der Waals surface area contributed by atoms with E-state index in [1.807, 2.05) is 44.2 Å². The number of nitrogens with zero attached hydrogens (tertiary/aromatic N) is 2. The van der Waals surface area contributed by atoms with Crippen molar-refractivity contribution >= 4 is 11.6 Å². The summed E-state index contributed by atoms with van der Waals surface area (Å²) in [6.07, 6.45) is 0.988. The highest BCUT2D eigenvalue weighted by atomic mass is 16.3. The smallest absolute Gasteiger partial charge is 0.242 e. The number of hydrazone groups is 1. The monoisotopic (exact) mass is 308 g/mol. The van der Waals surface area contributed by atoms with Crippen LogP contribution in [0.2, 0.25) is 0 Å². The van der Waals surface area contributed by atoms with Gasteiger partial charge in [0.05, 0.1) is 11.8 Å². The van der Waals surface area contributed by atoms with Gasteiger partial charge in [-0.25, -0.2) is 5.01 Å². The van der Waals surface area contributed by atoms with Gasteiger partial charge in [0.25, 0.3) is 0 Å². The normalized spacial score (nSPS) is 17.2. The molecule has 0 spiro atoms. The Bertz CT molecular complexity index is 767. The van der Waals surface area contributed by atoms with Crippen LogP contribution in [-0.4, -0.2) is 21.7 Å². The Morgan fingerprint density at radius 2 is 2.04 bits per heavy atom. The molecule has 0 aliphatic carbocycles. The highest BCUT2D eigenvalue weighted by Gasteiger charge is 2.33. The maximum absolute atomic E-state index is 12.3. The molecule has 0 saturated heterocycles. The van der Waals surface area contributed by atoms with Crippen molar-refractivity contribution < 1.29 is 9.90 Å². The predicted molar refractivity (Wildman–Crippen MR) is 90.3 cm³/mol. The molecule has 0 bridgehead atoms. The van der Waals surface area contributed by atoms with Crippen molar-refractivity contribution in [3.05, 3.63) is 65.2 Å². The SMILES string of the molecule is CCC(=O)N1N=C(c2cccc(C)c2)C[C@@H]1c1ccccc1O. The number of phenolic OH excluding ortho intramolecular Hbond substituents is 1. The molecule has 3 rings (SSSR count). The molecule has 2 aromatic carbocycles. The second-order valence-corrected chi connectivity index (χ2v) is 5.79. The van der Waals surface area contributed by atoms with E-state index in [1.165, 1.54) is 5.01 Å². The van der Waals surface area contributed by atoms with E-state index in [-0.39, 0.29) is 17.7 Å². The van der Waals surface area contributed by atoms with Gasteiger partial charge >= 0.3 is 0 Å². The molecule has 1 aliphatic heterocycles. The van der Waals surface area contributed by atoms with Crippen LogP contribution in [0.4, 0.5) is 0 Å². The number of hydrogen-bond acceptors (Lipinski definition) is 3. The van der Waals surface area contributed by atoms with Gasteiger partial charge in [0.1, 0.15) is 5.75 Å². The van der Waals surface area contributed by atoms with Gasteiger partial charge < -0.3 is 5.11 Å². The lowest BCUT2D eigenvalue weighted by molar-refractivity contribution is -0.132. The van der Waals surface area contributed by atoms with Gasteiger partial charge in [-0.1, -0.05) is 55.0 Å². The number of carbonyl (C=O) groups is 1. The zero-order chi connectivity index (χ0) is 16.4. The van der Waals surface area contributed by atoms with Crippen LogP contribution in [0.25, 0.3) is 0 Å². The first-order valence-corrected chi connectivity index (χ1v) is 7.84. The fraction of sp³-hybridized carbons (Fsp3) is 0.263. The number of carbonyl (C=O) groups excluding carboxylic acids is 1. The fourth-order valence-electron chi connectivity index (χ4n) is 2.91. The fourth-order valence-corrected chi connectivity index (χ4v) is 2.91. The lowest BCUT2D eigenvalue weighted by Gasteiger charge is -2.22. The van der Waals surface area contributed by atoms with Crippen molar-refractivity contribution in [1.29, 1.82) is 0 Å². The molecule has 4 nitrogen and oxygen atoms in total. The largest absolute Gasteiger partial charge is 0.508 e. The first-order chi connectivity index (χ1) is 11.1. The van der Waals surface area contributed by atoms with E-state index in [0.717, 1.165) is 22.4 Å². The number of phenols is 1. The maximum Gasteiger partial charge on any atom is 0.242 e. The lowest BCUT2D eigenvalue weighted by atomic mass is 9.97. The van der Waals surface area contributed by atoms with E-state index in [1.54, 1.807) is 12.1 Å². The van der Waals surface area contributed by atoms with Gasteiger partial charge in [-0.15, -0.1) is 0 Å². The minimum atomic E-state index is -0.251. The van der Waals surface area contributed by atoms with E-state index < -0.39 is 0 Å². The summed E-state index contributed by atoms with van der Waals surface area (Å²) >= 11 is 0. The third-order valence-electron chi connectivity index (χ3n) is 4.12. The molecular weight excluding hydrogens is 288 g/mol. The van der Waals surface area contributed by atoms with Gasteiger partial charge in [-0.2, -0.15) is 5.10 Å². The van der Waals surface area contributed by atoms with Crippen LogP contribution in [0.15, 0.2) is 53.6 Å². The van der Waals surface area contributed by atoms with Crippen molar-refractivity contribution in [2.75, 3.05) is 0 Å². The van der Waals surface area contributed by atoms with Crippen molar-refractivity contribution in [1.82, 2.24) is 5.01 Å². The second kappa shape index (κ2) is 6.24. The van der Waals surface area contributed by atoms with E-state index in [4.69, 9.17) is 0 Å². The molecule has 1 amide bonds. The Kier molecular flexibility index (Phi) is 4.15. The van der Waals surface area contributed by atoms with Crippen molar-refractivity contribution in [3.63, 3.8) is 0 Å². The Labute approximate surface area is 136 Å². The van der Waals surface area contributed by atoms with Crippen molar-refractivity contribution in [2.24, 2.45) is 5.10 Å². The van der Waals surface area contributed by atoms with Crippen LogP contribution >= 0.6 is 0 Å². The molecule has 0 fully saturated rings. The van der Waals surface area contributed by atoms with Crippen LogP contribution in [-0.2, 0) is 4.79 Å². The minimum absolute atomic E-state index is 0.0408. The second-order valence-electron chi connectivity index (χ2n) is 5.79. The zero-order valence-electron chi connectivity index (χ0n) is 13.4. The Hall–Kier alpha value is -2.62. The van der Waals surface area contributed by atoms with Gasteiger partial charge in [-0.3, -0.25) is 4.79 Å². The Balaban J connectivity index is 1.99. The van der Waals surface area contributed by atoms with Crippen LogP contribution in [0.3, 0.4) is 0 Å². The number of benzene rings is 2. The number of para-hydroxylation sites is 1. The Morgan fingerprint density at radius 1 is 1.26 bits per heavy atom. The summed E-state index contributed by atoms with van der Waals surface area (Å²) in [5, 5.41) is 16.2. The van der Waals surface area contributed by atoms with Crippen LogP contribution in [0, 0.1) is 6.92 Å². The average Bonchev–Trinajstić information content (AvgIpc) is 2.99. The summed E-state index contributed by atoms with van der Waals surface area (Å²) in [4.78, 5) is 12.3. The van der Waals surface area contributed by atoms with Crippen LogP contribution in [0.5, 0.6) is 5.75 Å². The summed E-state index contributed by atoms with van der Waals surface area (Å²) < 4.78 is 0. The third kappa shape index (κ3) is 2.97. The highest BCUT2D eigenvalue weighted by Crippen LogP contribution is 2.37. The van der Waals surface area contributed by atoms with Gasteiger partial charge in [0, 0.05) is 18.4 Å². The predicted octanol–water partition coefficient (Wildman–Crippen LogP) is 3.79. The topological polar surface area (TPSA) is 52.9 Å². The molecule has 2 aromatic rings. The Morgan fingerprint density at radius 3 is 2.74 bits per heavy atom. The van der Waals surface area contributed by atoms with Gasteiger partial charge in [0.15, 0.2) is 0 Å². The summed E-state index contributed by atoms with van der Waals surface area (Å²) in [5.74, 6) is 0.160. The molecule has 0 saturated carbocycles. The summed E-state index contributed by atoms with van der Waals surface area (Å²) in [6.45, 7) is 3.86. The first kappa shape index (κ1) is 15.3. The molecule has 0 aromatic heterocycles. The standard InChI is InChI=1S/C19H20N2O2/c1-3-19(23)21-17(15-9-4-5-10-18(15)22)12-16(20-21)14-8-6-7-13(2)11-14/h4-11,17,22H,3,12H2,1-2H3/t17-/m1/s1. The van der Waals surface area contributed by atoms with Gasteiger partial charge in [0.2, 0.25) is 5.91 Å². The van der Waals surface area contributed by atoms with Crippen LogP contribution < -0.4 is 0 Å². The molecule has 0 radical (unpaired) electrons. The van der Waals surface area contributed by atoms with E-state index >= 15 is 0 Å². The number of amides is 1. The van der Waals surface area contributed by atoms with E-state index in [0.29, 0.717) is 12.8 Å². The first-order valence-electron chi connectivity index (χ1n) is 7.84. The summed E-state index contributed by atoms with van der Waals surface area (Å²) in [5.41, 5.74) is 3.80. The van der Waals surface area contributed by atoms with Crippen molar-refractivity contribution in [3.8, 4) is 5.75 Å². The molecule has 4 heteroatoms. The lowest BCUT2D eigenvalue weighted by Crippen LogP contribution is -2.26. The van der Waals surface area contributed by atoms with Gasteiger partial charge in [-0.05, 0) is 18.6 Å². The number of hydrogen-bond donors (Lipinski definition) is 1. The number of aromatic hydroxyl groups is 1. The molecule has 1 heterocycles. The van der Waals surface area contributed by atoms with Crippen LogP contribution in [0.1, 0.15) is 42.5 Å². The number of aryl methyl sites for hydroxylation is 1.